The molecule has 0 bridgehead atoms. The first-order chi connectivity index (χ1) is 5.61. The maximum absolute atomic E-state index is 12.9. The van der Waals surface area contributed by atoms with E-state index in [0.717, 1.165) is 0 Å². The highest BCUT2D eigenvalue weighted by Gasteiger charge is 2.20. The molecular weight excluding hydrogens is 162 g/mol. The fraction of sp³-hybridized carbons (Fsp3) is 0.556. The molecule has 0 aliphatic heterocycles. The highest BCUT2D eigenvalue weighted by Crippen LogP contribution is 2.24. The zero-order valence-electron chi connectivity index (χ0n) is 7.18. The summed E-state index contributed by atoms with van der Waals surface area (Å²) in [6.45, 7) is 3.55. The zero-order valence-corrected chi connectivity index (χ0v) is 7.18. The molecule has 0 aromatic heterocycles. The van der Waals surface area contributed by atoms with Gasteiger partial charge in [-0.2, -0.15) is 0 Å². The van der Waals surface area contributed by atoms with E-state index in [4.69, 9.17) is 4.74 Å². The van der Waals surface area contributed by atoms with Crippen LogP contribution in [0.15, 0.2) is 23.7 Å². The molecule has 0 heterocycles. The minimum atomic E-state index is -1.52. The fourth-order valence-corrected chi connectivity index (χ4v) is 0.982. The molecule has 0 radical (unpaired) electrons. The SMILES string of the molecule is CC(C)OC1=C(F)C(F)CC=C1. The predicted molar refractivity (Wildman–Crippen MR) is 43.0 cm³/mol. The van der Waals surface area contributed by atoms with Crippen molar-refractivity contribution >= 4 is 0 Å². The average Bonchev–Trinajstić information content (AvgIpc) is 1.98. The summed E-state index contributed by atoms with van der Waals surface area (Å²) in [5.74, 6) is -0.755. The van der Waals surface area contributed by atoms with Gasteiger partial charge in [-0.15, -0.1) is 0 Å². The van der Waals surface area contributed by atoms with Crippen LogP contribution in [0, 0.1) is 0 Å². The molecule has 0 aromatic rings. The van der Waals surface area contributed by atoms with Gasteiger partial charge < -0.3 is 4.74 Å². The van der Waals surface area contributed by atoms with Crippen molar-refractivity contribution in [1.82, 2.24) is 0 Å². The van der Waals surface area contributed by atoms with Crippen LogP contribution in [-0.4, -0.2) is 12.3 Å². The van der Waals surface area contributed by atoms with Crippen LogP contribution in [0.2, 0.25) is 0 Å². The molecule has 1 atom stereocenters. The summed E-state index contributed by atoms with van der Waals surface area (Å²) in [5, 5.41) is 0. The number of allylic oxidation sites excluding steroid dienone is 3. The number of alkyl halides is 1. The molecule has 1 unspecified atom stereocenters. The molecule has 0 saturated carbocycles. The van der Waals surface area contributed by atoms with Crippen LogP contribution in [0.25, 0.3) is 0 Å². The Bertz CT molecular complexity index is 219. The van der Waals surface area contributed by atoms with Crippen molar-refractivity contribution in [2.75, 3.05) is 0 Å². The summed E-state index contributed by atoms with van der Waals surface area (Å²) in [6.07, 6.45) is 1.51. The molecule has 12 heavy (non-hydrogen) atoms. The van der Waals surface area contributed by atoms with Gasteiger partial charge in [0.15, 0.2) is 17.8 Å². The van der Waals surface area contributed by atoms with Gasteiger partial charge in [-0.25, -0.2) is 8.78 Å². The average molecular weight is 174 g/mol. The largest absolute Gasteiger partial charge is 0.488 e. The third-order valence-corrected chi connectivity index (χ3v) is 1.49. The Hall–Kier alpha value is -0.860. The molecule has 0 N–H and O–H groups in total. The van der Waals surface area contributed by atoms with Crippen LogP contribution in [-0.2, 0) is 4.74 Å². The van der Waals surface area contributed by atoms with Crippen molar-refractivity contribution in [3.63, 3.8) is 0 Å². The third kappa shape index (κ3) is 2.06. The predicted octanol–water partition coefficient (Wildman–Crippen LogP) is 2.89. The molecule has 1 rings (SSSR count). The molecular formula is C9H12F2O. The van der Waals surface area contributed by atoms with Crippen LogP contribution in [0.3, 0.4) is 0 Å². The minimum Gasteiger partial charge on any atom is -0.488 e. The Morgan fingerprint density at radius 3 is 2.83 bits per heavy atom. The van der Waals surface area contributed by atoms with Gasteiger partial charge in [0.2, 0.25) is 0 Å². The second kappa shape index (κ2) is 3.70. The van der Waals surface area contributed by atoms with E-state index in [2.05, 4.69) is 0 Å². The van der Waals surface area contributed by atoms with E-state index in [1.165, 1.54) is 6.08 Å². The molecule has 0 spiro atoms. The number of hydrogen-bond acceptors (Lipinski definition) is 1. The quantitative estimate of drug-likeness (QED) is 0.625. The first kappa shape index (κ1) is 9.23. The van der Waals surface area contributed by atoms with E-state index < -0.39 is 12.0 Å². The normalized spacial score (nSPS) is 23.6. The van der Waals surface area contributed by atoms with Crippen molar-refractivity contribution in [3.05, 3.63) is 23.7 Å². The van der Waals surface area contributed by atoms with E-state index in [0.29, 0.717) is 0 Å². The van der Waals surface area contributed by atoms with Gasteiger partial charge in [0.1, 0.15) is 0 Å². The first-order valence-corrected chi connectivity index (χ1v) is 3.98. The van der Waals surface area contributed by atoms with Gasteiger partial charge in [-0.05, 0) is 19.9 Å². The summed E-state index contributed by atoms with van der Waals surface area (Å²) in [6, 6.07) is 0. The Morgan fingerprint density at radius 2 is 2.25 bits per heavy atom. The Balaban J connectivity index is 2.72. The standard InChI is InChI=1S/C9H12F2O/c1-6(2)12-8-5-3-4-7(10)9(8)11/h3,5-7H,4H2,1-2H3. The molecule has 1 aliphatic rings. The second-order valence-corrected chi connectivity index (χ2v) is 2.98. The van der Waals surface area contributed by atoms with Crippen LogP contribution < -0.4 is 0 Å². The van der Waals surface area contributed by atoms with Crippen LogP contribution in [0.4, 0.5) is 8.78 Å². The maximum Gasteiger partial charge on any atom is 0.176 e. The molecule has 1 nitrogen and oxygen atoms in total. The lowest BCUT2D eigenvalue weighted by Crippen LogP contribution is -2.11. The minimum absolute atomic E-state index is 0.0313. The van der Waals surface area contributed by atoms with Gasteiger partial charge in [-0.1, -0.05) is 6.08 Å². The van der Waals surface area contributed by atoms with Gasteiger partial charge in [0.25, 0.3) is 0 Å². The lowest BCUT2D eigenvalue weighted by molar-refractivity contribution is 0.140. The van der Waals surface area contributed by atoms with Gasteiger partial charge >= 0.3 is 0 Å². The van der Waals surface area contributed by atoms with Crippen LogP contribution >= 0.6 is 0 Å². The van der Waals surface area contributed by atoms with Gasteiger partial charge in [0.05, 0.1) is 6.10 Å². The fourth-order valence-electron chi connectivity index (χ4n) is 0.982. The number of ether oxygens (including phenoxy) is 1. The monoisotopic (exact) mass is 174 g/mol. The second-order valence-electron chi connectivity index (χ2n) is 2.98. The molecule has 0 saturated heterocycles. The summed E-state index contributed by atoms with van der Waals surface area (Å²) in [7, 11) is 0. The van der Waals surface area contributed by atoms with Crippen molar-refractivity contribution in [3.8, 4) is 0 Å². The van der Waals surface area contributed by atoms with E-state index in [1.807, 2.05) is 0 Å². The highest BCUT2D eigenvalue weighted by molar-refractivity contribution is 5.23. The number of rotatable bonds is 2. The molecule has 0 amide bonds. The summed E-state index contributed by atoms with van der Waals surface area (Å²) in [4.78, 5) is 0. The van der Waals surface area contributed by atoms with Crippen molar-refractivity contribution in [2.45, 2.75) is 32.5 Å². The molecule has 68 valence electrons. The summed E-state index contributed by atoms with van der Waals surface area (Å²) < 4.78 is 30.7. The molecule has 0 fully saturated rings. The zero-order chi connectivity index (χ0) is 9.14. The van der Waals surface area contributed by atoms with E-state index >= 15 is 0 Å². The molecule has 3 heteroatoms. The van der Waals surface area contributed by atoms with Crippen molar-refractivity contribution in [1.29, 1.82) is 0 Å². The Kier molecular flexibility index (Phi) is 2.84. The lowest BCUT2D eigenvalue weighted by Gasteiger charge is -2.16. The molecule has 1 aliphatic carbocycles. The maximum atomic E-state index is 12.9. The van der Waals surface area contributed by atoms with E-state index in [-0.39, 0.29) is 18.3 Å². The van der Waals surface area contributed by atoms with Gasteiger partial charge in [-0.3, -0.25) is 0 Å². The molecule has 0 aromatic carbocycles. The van der Waals surface area contributed by atoms with Crippen LogP contribution in [0.1, 0.15) is 20.3 Å². The Morgan fingerprint density at radius 1 is 1.58 bits per heavy atom. The lowest BCUT2D eigenvalue weighted by atomic mass is 10.1. The summed E-state index contributed by atoms with van der Waals surface area (Å²) >= 11 is 0. The third-order valence-electron chi connectivity index (χ3n) is 1.49. The van der Waals surface area contributed by atoms with Crippen LogP contribution in [0.5, 0.6) is 0 Å². The van der Waals surface area contributed by atoms with E-state index in [1.54, 1.807) is 19.9 Å². The summed E-state index contributed by atoms with van der Waals surface area (Å²) in [5.41, 5.74) is 0. The van der Waals surface area contributed by atoms with Crippen molar-refractivity contribution in [2.24, 2.45) is 0 Å². The number of halogens is 2. The highest BCUT2D eigenvalue weighted by atomic mass is 19.2. The number of hydrogen-bond donors (Lipinski definition) is 0. The first-order valence-electron chi connectivity index (χ1n) is 3.98. The smallest absolute Gasteiger partial charge is 0.176 e. The van der Waals surface area contributed by atoms with E-state index in [9.17, 15) is 8.78 Å². The van der Waals surface area contributed by atoms with Gasteiger partial charge in [0, 0.05) is 6.42 Å². The Labute approximate surface area is 70.7 Å². The topological polar surface area (TPSA) is 9.23 Å². The van der Waals surface area contributed by atoms with Crippen molar-refractivity contribution < 1.29 is 13.5 Å².